The lowest BCUT2D eigenvalue weighted by atomic mass is 10.1. The Morgan fingerprint density at radius 2 is 2.12 bits per heavy atom. The molecule has 2 aromatic heterocycles. The van der Waals surface area contributed by atoms with E-state index < -0.39 is 0 Å². The molecule has 2 nitrogen and oxygen atoms in total. The molecule has 0 unspecified atom stereocenters. The van der Waals surface area contributed by atoms with Gasteiger partial charge < -0.3 is 4.98 Å². The van der Waals surface area contributed by atoms with Crippen molar-refractivity contribution in [3.63, 3.8) is 0 Å². The molecule has 1 aliphatic carbocycles. The topological polar surface area (TPSA) is 28.7 Å². The summed E-state index contributed by atoms with van der Waals surface area (Å²) in [4.78, 5) is 10.7. The van der Waals surface area contributed by atoms with E-state index in [0.29, 0.717) is 5.92 Å². The summed E-state index contributed by atoms with van der Waals surface area (Å²) in [5.41, 5.74) is 1.18. The van der Waals surface area contributed by atoms with Crippen LogP contribution >= 0.6 is 11.3 Å². The highest BCUT2D eigenvalue weighted by molar-refractivity contribution is 7.15. The van der Waals surface area contributed by atoms with Gasteiger partial charge in [-0.25, -0.2) is 4.98 Å². The van der Waals surface area contributed by atoms with Crippen LogP contribution in [0, 0.1) is 6.92 Å². The van der Waals surface area contributed by atoms with E-state index in [1.54, 1.807) is 0 Å². The second kappa shape index (κ2) is 4.06. The van der Waals surface area contributed by atoms with Crippen LogP contribution in [0.1, 0.15) is 42.3 Å². The molecule has 1 N–H and O–H groups in total. The number of thiophene rings is 1. The van der Waals surface area contributed by atoms with Gasteiger partial charge in [-0.1, -0.05) is 12.8 Å². The molecule has 0 spiro atoms. The predicted molar refractivity (Wildman–Crippen MR) is 67.8 cm³/mol. The summed E-state index contributed by atoms with van der Waals surface area (Å²) >= 11 is 1.83. The normalized spacial score (nSPS) is 17.1. The molecule has 16 heavy (non-hydrogen) atoms. The maximum Gasteiger partial charge on any atom is 0.109 e. The third-order valence-corrected chi connectivity index (χ3v) is 4.38. The lowest BCUT2D eigenvalue weighted by Gasteiger charge is -2.03. The standard InChI is InChI=1S/C13H16N2S/c1-9-6-7-12(16-9)11-8-14-13(15-11)10-4-2-3-5-10/h6-8,10H,2-5H2,1H3,(H,14,15). The minimum Gasteiger partial charge on any atom is -0.341 e. The largest absolute Gasteiger partial charge is 0.341 e. The van der Waals surface area contributed by atoms with Crippen molar-refractivity contribution in [2.45, 2.75) is 38.5 Å². The second-order valence-corrected chi connectivity index (χ2v) is 5.86. The minimum absolute atomic E-state index is 0.676. The van der Waals surface area contributed by atoms with Crippen molar-refractivity contribution in [1.29, 1.82) is 0 Å². The Morgan fingerprint density at radius 3 is 2.81 bits per heavy atom. The molecule has 0 bridgehead atoms. The van der Waals surface area contributed by atoms with Crippen LogP contribution < -0.4 is 0 Å². The van der Waals surface area contributed by atoms with Crippen LogP contribution in [0.25, 0.3) is 10.6 Å². The SMILES string of the molecule is Cc1ccc(-c2cnc(C3CCCC3)[nH]2)s1. The molecule has 0 saturated heterocycles. The maximum atomic E-state index is 4.53. The van der Waals surface area contributed by atoms with Gasteiger partial charge in [0, 0.05) is 10.8 Å². The van der Waals surface area contributed by atoms with E-state index in [1.807, 2.05) is 17.5 Å². The van der Waals surface area contributed by atoms with Crippen molar-refractivity contribution in [2.24, 2.45) is 0 Å². The fourth-order valence-corrected chi connectivity index (χ4v) is 3.28. The fourth-order valence-electron chi connectivity index (χ4n) is 2.45. The van der Waals surface area contributed by atoms with E-state index in [1.165, 1.54) is 47.0 Å². The molecule has 1 aliphatic rings. The Morgan fingerprint density at radius 1 is 1.31 bits per heavy atom. The number of aromatic nitrogens is 2. The van der Waals surface area contributed by atoms with Crippen LogP contribution in [-0.2, 0) is 0 Å². The minimum atomic E-state index is 0.676. The van der Waals surface area contributed by atoms with Crippen LogP contribution in [0.4, 0.5) is 0 Å². The molecule has 1 fully saturated rings. The first kappa shape index (κ1) is 10.1. The van der Waals surface area contributed by atoms with Crippen LogP contribution in [0.15, 0.2) is 18.3 Å². The summed E-state index contributed by atoms with van der Waals surface area (Å²) in [6.07, 6.45) is 7.31. The smallest absolute Gasteiger partial charge is 0.109 e. The van der Waals surface area contributed by atoms with Gasteiger partial charge in [-0.05, 0) is 31.9 Å². The molecule has 3 heteroatoms. The molecular weight excluding hydrogens is 216 g/mol. The van der Waals surface area contributed by atoms with E-state index in [2.05, 4.69) is 29.0 Å². The summed E-state index contributed by atoms with van der Waals surface area (Å²) in [5, 5.41) is 0. The molecule has 0 radical (unpaired) electrons. The highest BCUT2D eigenvalue weighted by Crippen LogP contribution is 2.34. The maximum absolute atomic E-state index is 4.53. The zero-order chi connectivity index (χ0) is 11.0. The number of nitrogens with one attached hydrogen (secondary N) is 1. The monoisotopic (exact) mass is 232 g/mol. The number of rotatable bonds is 2. The van der Waals surface area contributed by atoms with Gasteiger partial charge in [-0.15, -0.1) is 11.3 Å². The summed E-state index contributed by atoms with van der Waals surface area (Å²) in [5.74, 6) is 1.87. The molecule has 0 atom stereocenters. The quantitative estimate of drug-likeness (QED) is 0.829. The van der Waals surface area contributed by atoms with Crippen LogP contribution in [0.2, 0.25) is 0 Å². The third kappa shape index (κ3) is 1.80. The van der Waals surface area contributed by atoms with Crippen LogP contribution in [0.3, 0.4) is 0 Å². The number of nitrogens with zero attached hydrogens (tertiary/aromatic N) is 1. The van der Waals surface area contributed by atoms with Gasteiger partial charge in [-0.2, -0.15) is 0 Å². The van der Waals surface area contributed by atoms with E-state index in [4.69, 9.17) is 0 Å². The van der Waals surface area contributed by atoms with Crippen molar-refractivity contribution >= 4 is 11.3 Å². The summed E-state index contributed by atoms with van der Waals surface area (Å²) in [7, 11) is 0. The summed E-state index contributed by atoms with van der Waals surface area (Å²) < 4.78 is 0. The Labute approximate surface area is 99.7 Å². The fraction of sp³-hybridized carbons (Fsp3) is 0.462. The van der Waals surface area contributed by atoms with Crippen LogP contribution in [-0.4, -0.2) is 9.97 Å². The highest BCUT2D eigenvalue weighted by atomic mass is 32.1. The van der Waals surface area contributed by atoms with E-state index in [9.17, 15) is 0 Å². The van der Waals surface area contributed by atoms with Gasteiger partial charge >= 0.3 is 0 Å². The zero-order valence-electron chi connectivity index (χ0n) is 9.49. The number of aryl methyl sites for hydroxylation is 1. The van der Waals surface area contributed by atoms with E-state index >= 15 is 0 Å². The molecule has 0 amide bonds. The first-order valence-corrected chi connectivity index (χ1v) is 6.76. The number of aromatic amines is 1. The summed E-state index contributed by atoms with van der Waals surface area (Å²) in [6, 6.07) is 4.34. The van der Waals surface area contributed by atoms with Crippen molar-refractivity contribution in [3.8, 4) is 10.6 Å². The second-order valence-electron chi connectivity index (χ2n) is 4.57. The Hall–Kier alpha value is -1.09. The third-order valence-electron chi connectivity index (χ3n) is 3.34. The van der Waals surface area contributed by atoms with Gasteiger partial charge in [0.2, 0.25) is 0 Å². The Bertz CT molecular complexity index is 478. The number of H-pyrrole nitrogens is 1. The Kier molecular flexibility index (Phi) is 2.56. The first-order chi connectivity index (χ1) is 7.83. The lowest BCUT2D eigenvalue weighted by molar-refractivity contribution is 0.679. The van der Waals surface area contributed by atoms with E-state index in [0.717, 1.165) is 0 Å². The van der Waals surface area contributed by atoms with Gasteiger partial charge in [0.1, 0.15) is 5.82 Å². The zero-order valence-corrected chi connectivity index (χ0v) is 10.3. The van der Waals surface area contributed by atoms with Crippen molar-refractivity contribution in [3.05, 3.63) is 29.0 Å². The number of hydrogen-bond donors (Lipinski definition) is 1. The molecule has 0 aliphatic heterocycles. The Balaban J connectivity index is 1.87. The van der Waals surface area contributed by atoms with Crippen molar-refractivity contribution < 1.29 is 0 Å². The average Bonchev–Trinajstić information content (AvgIpc) is 2.97. The van der Waals surface area contributed by atoms with Crippen LogP contribution in [0.5, 0.6) is 0 Å². The molecule has 1 saturated carbocycles. The van der Waals surface area contributed by atoms with Gasteiger partial charge in [-0.3, -0.25) is 0 Å². The van der Waals surface area contributed by atoms with E-state index in [-0.39, 0.29) is 0 Å². The predicted octanol–water partition coefficient (Wildman–Crippen LogP) is 4.10. The molecular formula is C13H16N2S. The highest BCUT2D eigenvalue weighted by Gasteiger charge is 2.20. The molecule has 0 aromatic carbocycles. The average molecular weight is 232 g/mol. The lowest BCUT2D eigenvalue weighted by Crippen LogP contribution is -1.94. The number of imidazole rings is 1. The molecule has 84 valence electrons. The van der Waals surface area contributed by atoms with Crippen molar-refractivity contribution in [1.82, 2.24) is 9.97 Å². The molecule has 3 rings (SSSR count). The summed E-state index contributed by atoms with van der Waals surface area (Å²) in [6.45, 7) is 2.14. The van der Waals surface area contributed by atoms with Gasteiger partial charge in [0.15, 0.2) is 0 Å². The molecule has 2 heterocycles. The van der Waals surface area contributed by atoms with Gasteiger partial charge in [0.25, 0.3) is 0 Å². The molecule has 2 aromatic rings. The van der Waals surface area contributed by atoms with Gasteiger partial charge in [0.05, 0.1) is 16.8 Å². The number of hydrogen-bond acceptors (Lipinski definition) is 2. The first-order valence-electron chi connectivity index (χ1n) is 5.94. The van der Waals surface area contributed by atoms with Crippen molar-refractivity contribution in [2.75, 3.05) is 0 Å².